The third-order valence-corrected chi connectivity index (χ3v) is 1.94. The lowest BCUT2D eigenvalue weighted by Gasteiger charge is -1.86. The molecule has 0 bridgehead atoms. The van der Waals surface area contributed by atoms with E-state index in [-0.39, 0.29) is 23.1 Å². The zero-order valence-electron chi connectivity index (χ0n) is 6.97. The number of carbonyl (C=O) groups excluding carboxylic acids is 2. The van der Waals surface area contributed by atoms with Gasteiger partial charge in [-0.1, -0.05) is 28.9 Å². The molecule has 0 aromatic heterocycles. The summed E-state index contributed by atoms with van der Waals surface area (Å²) in [5, 5.41) is 2.14. The summed E-state index contributed by atoms with van der Waals surface area (Å²) in [6, 6.07) is 0. The molecule has 0 saturated carbocycles. The molecule has 4 heteroatoms. The van der Waals surface area contributed by atoms with Gasteiger partial charge >= 0.3 is 0 Å². The van der Waals surface area contributed by atoms with Gasteiger partial charge in [0.1, 0.15) is 4.83 Å². The van der Waals surface area contributed by atoms with Gasteiger partial charge < -0.3 is 0 Å². The van der Waals surface area contributed by atoms with Gasteiger partial charge in [0, 0.05) is 6.42 Å². The minimum Gasteiger partial charge on any atom is -0.295 e. The molecular formula is C8H12BrNO2. The van der Waals surface area contributed by atoms with Gasteiger partial charge in [-0.25, -0.2) is 0 Å². The molecule has 0 aromatic rings. The lowest BCUT2D eigenvalue weighted by Crippen LogP contribution is -2.21. The van der Waals surface area contributed by atoms with E-state index in [1.807, 2.05) is 6.08 Å². The highest BCUT2D eigenvalue weighted by atomic mass is 79.9. The molecule has 1 saturated heterocycles. The number of allylic oxidation sites excluding steroid dienone is 1. The first-order valence-electron chi connectivity index (χ1n) is 3.70. The monoisotopic (exact) mass is 233 g/mol. The largest absolute Gasteiger partial charge is 0.295 e. The molecule has 1 rings (SSSR count). The molecule has 1 heterocycles. The number of hydrogen-bond donors (Lipinski definition) is 1. The Hall–Kier alpha value is -0.640. The van der Waals surface area contributed by atoms with E-state index in [1.165, 1.54) is 0 Å². The summed E-state index contributed by atoms with van der Waals surface area (Å²) in [5.41, 5.74) is 0. The molecule has 68 valence electrons. The van der Waals surface area contributed by atoms with Crippen LogP contribution >= 0.6 is 15.9 Å². The van der Waals surface area contributed by atoms with Crippen molar-refractivity contribution in [2.24, 2.45) is 0 Å². The molecule has 0 aliphatic carbocycles. The first-order chi connectivity index (χ1) is 5.61. The molecule has 1 atom stereocenters. The second kappa shape index (κ2) is 5.94. The Morgan fingerprint density at radius 1 is 1.75 bits per heavy atom. The minimum absolute atomic E-state index is 0.197. The Labute approximate surface area is 80.3 Å². The Kier molecular flexibility index (Phi) is 5.62. The van der Waals surface area contributed by atoms with Gasteiger partial charge in [0.05, 0.1) is 0 Å². The van der Waals surface area contributed by atoms with E-state index in [9.17, 15) is 9.59 Å². The number of halogens is 1. The van der Waals surface area contributed by atoms with E-state index < -0.39 is 0 Å². The first-order valence-corrected chi connectivity index (χ1v) is 4.62. The van der Waals surface area contributed by atoms with Crippen molar-refractivity contribution in [3.05, 3.63) is 12.7 Å². The molecule has 1 N–H and O–H groups in total. The summed E-state index contributed by atoms with van der Waals surface area (Å²) in [7, 11) is 0. The maximum atomic E-state index is 10.4. The lowest BCUT2D eigenvalue weighted by atomic mass is 10.4. The normalized spacial score (nSPS) is 21.0. The molecule has 2 amide bonds. The Balaban J connectivity index is 0.000000261. The van der Waals surface area contributed by atoms with Crippen LogP contribution in [0.25, 0.3) is 0 Å². The fourth-order valence-corrected chi connectivity index (χ4v) is 0.931. The van der Waals surface area contributed by atoms with Crippen LogP contribution in [-0.4, -0.2) is 16.6 Å². The summed E-state index contributed by atoms with van der Waals surface area (Å²) in [4.78, 5) is 20.4. The summed E-state index contributed by atoms with van der Waals surface area (Å²) >= 11 is 3.01. The van der Waals surface area contributed by atoms with Gasteiger partial charge in [0.2, 0.25) is 11.8 Å². The maximum absolute atomic E-state index is 10.4. The Morgan fingerprint density at radius 2 is 2.25 bits per heavy atom. The molecule has 3 nitrogen and oxygen atoms in total. The molecule has 12 heavy (non-hydrogen) atoms. The number of hydrogen-bond acceptors (Lipinski definition) is 2. The van der Waals surface area contributed by atoms with E-state index in [1.54, 1.807) is 0 Å². The van der Waals surface area contributed by atoms with Crippen LogP contribution in [0.3, 0.4) is 0 Å². The maximum Gasteiger partial charge on any atom is 0.240 e. The van der Waals surface area contributed by atoms with Crippen LogP contribution < -0.4 is 5.32 Å². The van der Waals surface area contributed by atoms with E-state index in [2.05, 4.69) is 34.7 Å². The minimum atomic E-state index is -0.296. The lowest BCUT2D eigenvalue weighted by molar-refractivity contribution is -0.124. The van der Waals surface area contributed by atoms with Crippen LogP contribution in [0.2, 0.25) is 0 Å². The second-order valence-electron chi connectivity index (χ2n) is 2.28. The molecule has 1 fully saturated rings. The Morgan fingerprint density at radius 3 is 2.33 bits per heavy atom. The molecule has 1 unspecified atom stereocenters. The van der Waals surface area contributed by atoms with Crippen LogP contribution in [0.15, 0.2) is 12.7 Å². The van der Waals surface area contributed by atoms with E-state index in [0.29, 0.717) is 0 Å². The fraction of sp³-hybridized carbons (Fsp3) is 0.500. The predicted octanol–water partition coefficient (Wildman–Crippen LogP) is 1.38. The number of nitrogens with one attached hydrogen (secondary N) is 1. The average Bonchev–Trinajstić information content (AvgIpc) is 2.30. The van der Waals surface area contributed by atoms with Crippen LogP contribution in [0.4, 0.5) is 0 Å². The van der Waals surface area contributed by atoms with E-state index >= 15 is 0 Å². The quantitative estimate of drug-likeness (QED) is 0.423. The topological polar surface area (TPSA) is 46.2 Å². The highest BCUT2D eigenvalue weighted by Gasteiger charge is 2.27. The Bertz CT molecular complexity index is 191. The fourth-order valence-electron chi connectivity index (χ4n) is 0.522. The molecular weight excluding hydrogens is 222 g/mol. The van der Waals surface area contributed by atoms with Gasteiger partial charge in [-0.3, -0.25) is 14.9 Å². The van der Waals surface area contributed by atoms with Gasteiger partial charge in [-0.05, 0) is 6.42 Å². The van der Waals surface area contributed by atoms with E-state index in [0.717, 1.165) is 6.42 Å². The van der Waals surface area contributed by atoms with Crippen molar-refractivity contribution in [3.63, 3.8) is 0 Å². The number of alkyl halides is 1. The predicted molar refractivity (Wildman–Crippen MR) is 51.0 cm³/mol. The third kappa shape index (κ3) is 4.28. The van der Waals surface area contributed by atoms with Crippen LogP contribution in [0.1, 0.15) is 19.8 Å². The number of carbonyl (C=O) groups is 2. The van der Waals surface area contributed by atoms with Crippen LogP contribution in [0, 0.1) is 0 Å². The van der Waals surface area contributed by atoms with Crippen molar-refractivity contribution >= 4 is 27.7 Å². The zero-order chi connectivity index (χ0) is 9.56. The summed E-state index contributed by atoms with van der Waals surface area (Å²) in [6.45, 7) is 5.54. The SMILES string of the molecule is C=CCC.O=C1CC(Br)C(=O)N1. The summed E-state index contributed by atoms with van der Waals surface area (Å²) in [6.07, 6.45) is 3.23. The number of rotatable bonds is 1. The van der Waals surface area contributed by atoms with Gasteiger partial charge in [-0.2, -0.15) is 0 Å². The highest BCUT2D eigenvalue weighted by molar-refractivity contribution is 9.10. The van der Waals surface area contributed by atoms with Gasteiger partial charge in [0.25, 0.3) is 0 Å². The second-order valence-corrected chi connectivity index (χ2v) is 3.39. The molecule has 0 spiro atoms. The van der Waals surface area contributed by atoms with Crippen molar-refractivity contribution in [1.82, 2.24) is 5.32 Å². The standard InChI is InChI=1S/C4H4BrNO2.C4H8/c5-2-1-3(7)6-4(2)8;1-3-4-2/h2H,1H2,(H,6,7,8);3H,1,4H2,2H3. The molecule has 1 aliphatic rings. The highest BCUT2D eigenvalue weighted by Crippen LogP contribution is 2.10. The van der Waals surface area contributed by atoms with Crippen molar-refractivity contribution in [2.75, 3.05) is 0 Å². The van der Waals surface area contributed by atoms with Crippen molar-refractivity contribution < 1.29 is 9.59 Å². The van der Waals surface area contributed by atoms with Gasteiger partial charge in [0.15, 0.2) is 0 Å². The zero-order valence-corrected chi connectivity index (χ0v) is 8.56. The van der Waals surface area contributed by atoms with Gasteiger partial charge in [-0.15, -0.1) is 6.58 Å². The third-order valence-electron chi connectivity index (χ3n) is 1.20. The van der Waals surface area contributed by atoms with Crippen molar-refractivity contribution in [1.29, 1.82) is 0 Å². The molecule has 1 aliphatic heterocycles. The average molecular weight is 234 g/mol. The molecule has 0 aromatic carbocycles. The van der Waals surface area contributed by atoms with E-state index in [4.69, 9.17) is 0 Å². The van der Waals surface area contributed by atoms with Crippen molar-refractivity contribution in [3.8, 4) is 0 Å². The van der Waals surface area contributed by atoms with Crippen molar-refractivity contribution in [2.45, 2.75) is 24.6 Å². The first kappa shape index (κ1) is 11.4. The number of amides is 2. The van der Waals surface area contributed by atoms with Crippen LogP contribution in [0.5, 0.6) is 0 Å². The summed E-state index contributed by atoms with van der Waals surface area (Å²) in [5.74, 6) is -0.424. The smallest absolute Gasteiger partial charge is 0.240 e. The summed E-state index contributed by atoms with van der Waals surface area (Å²) < 4.78 is 0. The number of imide groups is 1. The van der Waals surface area contributed by atoms with Crippen LogP contribution in [-0.2, 0) is 9.59 Å². The molecule has 0 radical (unpaired) electrons.